The molecule has 2 fully saturated rings. The topological polar surface area (TPSA) is 45.7 Å². The largest absolute Gasteiger partial charge is 0.496 e. The Labute approximate surface area is 162 Å². The fraction of sp³-hybridized carbons (Fsp3) is 0.632. The first-order valence-electron chi connectivity index (χ1n) is 8.75. The summed E-state index contributed by atoms with van der Waals surface area (Å²) in [6, 6.07) is 6.31. The van der Waals surface area contributed by atoms with Crippen molar-refractivity contribution in [2.75, 3.05) is 20.7 Å². The summed E-state index contributed by atoms with van der Waals surface area (Å²) in [6.45, 7) is 3.86. The van der Waals surface area contributed by atoms with E-state index in [9.17, 15) is 0 Å². The van der Waals surface area contributed by atoms with Crippen molar-refractivity contribution in [1.29, 1.82) is 0 Å². The van der Waals surface area contributed by atoms with Gasteiger partial charge in [-0.1, -0.05) is 18.6 Å². The van der Waals surface area contributed by atoms with Crippen molar-refractivity contribution in [2.45, 2.75) is 45.6 Å². The first-order chi connectivity index (χ1) is 11.2. The van der Waals surface area contributed by atoms with Gasteiger partial charge in [-0.05, 0) is 55.6 Å². The summed E-state index contributed by atoms with van der Waals surface area (Å²) in [5.41, 5.74) is 2.92. The van der Waals surface area contributed by atoms with Gasteiger partial charge in [0.05, 0.1) is 7.11 Å². The van der Waals surface area contributed by atoms with Crippen molar-refractivity contribution in [1.82, 2.24) is 10.6 Å². The van der Waals surface area contributed by atoms with Crippen LogP contribution < -0.4 is 15.4 Å². The number of guanidine groups is 1. The Hall–Kier alpha value is -0.980. The molecule has 0 atom stereocenters. The van der Waals surface area contributed by atoms with Crippen molar-refractivity contribution >= 4 is 29.9 Å². The number of nitrogens with one attached hydrogen (secondary N) is 2. The van der Waals surface area contributed by atoms with Gasteiger partial charge in [0.1, 0.15) is 5.75 Å². The molecule has 134 valence electrons. The lowest BCUT2D eigenvalue weighted by molar-refractivity contribution is 0.106. The number of hydrogen-bond acceptors (Lipinski definition) is 2. The van der Waals surface area contributed by atoms with Crippen molar-refractivity contribution in [3.8, 4) is 5.75 Å². The van der Waals surface area contributed by atoms with Gasteiger partial charge in [0, 0.05) is 25.7 Å². The average molecular weight is 443 g/mol. The van der Waals surface area contributed by atoms with Crippen LogP contribution in [0.2, 0.25) is 0 Å². The maximum atomic E-state index is 5.47. The lowest BCUT2D eigenvalue weighted by atomic mass is 9.65. The molecule has 2 N–H and O–H groups in total. The zero-order valence-corrected chi connectivity index (χ0v) is 17.4. The second-order valence-corrected chi connectivity index (χ2v) is 7.08. The quantitative estimate of drug-likeness (QED) is 0.399. The number of rotatable bonds is 6. The van der Waals surface area contributed by atoms with Crippen molar-refractivity contribution in [3.63, 3.8) is 0 Å². The molecule has 0 heterocycles. The molecule has 2 aliphatic rings. The summed E-state index contributed by atoms with van der Waals surface area (Å²) in [5, 5.41) is 6.97. The molecule has 24 heavy (non-hydrogen) atoms. The molecule has 0 saturated heterocycles. The summed E-state index contributed by atoms with van der Waals surface area (Å²) >= 11 is 0. The van der Waals surface area contributed by atoms with Gasteiger partial charge in [0.2, 0.25) is 0 Å². The van der Waals surface area contributed by atoms with E-state index in [1.54, 1.807) is 7.11 Å². The fourth-order valence-electron chi connectivity index (χ4n) is 3.71. The van der Waals surface area contributed by atoms with E-state index >= 15 is 0 Å². The fourth-order valence-corrected chi connectivity index (χ4v) is 3.71. The molecular formula is C19H30IN3O. The van der Waals surface area contributed by atoms with Gasteiger partial charge in [0.25, 0.3) is 0 Å². The number of methoxy groups -OCH3 is 1. The SMILES string of the molecule is CN=C(NCc1ccc(C)cc1OC)NCC1(C2CC2)CCC1.I. The smallest absolute Gasteiger partial charge is 0.191 e. The molecule has 0 aromatic heterocycles. The standard InChI is InChI=1S/C19H29N3O.HI/c1-14-5-6-15(17(11-14)23-3)12-21-18(20-2)22-13-19(9-4-10-19)16-7-8-16;/h5-6,11,16H,4,7-10,12-13H2,1-3H3,(H2,20,21,22);1H. The van der Waals surface area contributed by atoms with Gasteiger partial charge in [-0.2, -0.15) is 0 Å². The van der Waals surface area contributed by atoms with Crippen LogP contribution in [0.4, 0.5) is 0 Å². The first-order valence-corrected chi connectivity index (χ1v) is 8.75. The molecule has 4 nitrogen and oxygen atoms in total. The predicted octanol–water partition coefficient (Wildman–Crippen LogP) is 3.87. The molecular weight excluding hydrogens is 413 g/mol. The second-order valence-electron chi connectivity index (χ2n) is 7.08. The summed E-state index contributed by atoms with van der Waals surface area (Å²) in [5.74, 6) is 2.78. The number of halogens is 1. The number of aryl methyl sites for hydroxylation is 1. The Kier molecular flexibility index (Phi) is 6.78. The van der Waals surface area contributed by atoms with Crippen LogP contribution in [0.25, 0.3) is 0 Å². The highest BCUT2D eigenvalue weighted by Gasteiger charge is 2.48. The number of aliphatic imine (C=N–C) groups is 1. The van der Waals surface area contributed by atoms with Crippen LogP contribution in [-0.2, 0) is 6.54 Å². The lowest BCUT2D eigenvalue weighted by Gasteiger charge is -2.43. The molecule has 0 unspecified atom stereocenters. The maximum Gasteiger partial charge on any atom is 0.191 e. The van der Waals surface area contributed by atoms with Crippen LogP contribution in [0.3, 0.4) is 0 Å². The molecule has 0 spiro atoms. The molecule has 0 aliphatic heterocycles. The molecule has 5 heteroatoms. The molecule has 0 amide bonds. The van der Waals surface area contributed by atoms with Crippen LogP contribution in [0.5, 0.6) is 5.75 Å². The highest BCUT2D eigenvalue weighted by atomic mass is 127. The zero-order valence-electron chi connectivity index (χ0n) is 15.0. The third-order valence-electron chi connectivity index (χ3n) is 5.51. The van der Waals surface area contributed by atoms with E-state index in [2.05, 4.69) is 40.7 Å². The minimum atomic E-state index is 0. The number of hydrogen-bond donors (Lipinski definition) is 2. The molecule has 2 saturated carbocycles. The minimum absolute atomic E-state index is 0. The van der Waals surface area contributed by atoms with E-state index in [0.717, 1.165) is 36.3 Å². The number of ether oxygens (including phenoxy) is 1. The monoisotopic (exact) mass is 443 g/mol. The van der Waals surface area contributed by atoms with E-state index < -0.39 is 0 Å². The molecule has 2 aliphatic carbocycles. The van der Waals surface area contributed by atoms with Gasteiger partial charge < -0.3 is 15.4 Å². The summed E-state index contributed by atoms with van der Waals surface area (Å²) in [7, 11) is 3.56. The van der Waals surface area contributed by atoms with E-state index in [-0.39, 0.29) is 24.0 Å². The third kappa shape index (κ3) is 4.35. The van der Waals surface area contributed by atoms with Crippen molar-refractivity contribution in [3.05, 3.63) is 29.3 Å². The van der Waals surface area contributed by atoms with Crippen LogP contribution in [0, 0.1) is 18.3 Å². The highest BCUT2D eigenvalue weighted by Crippen LogP contribution is 2.56. The normalized spacial score (nSPS) is 19.0. The van der Waals surface area contributed by atoms with Gasteiger partial charge in [-0.3, -0.25) is 4.99 Å². The lowest BCUT2D eigenvalue weighted by Crippen LogP contribution is -2.47. The Morgan fingerprint density at radius 1 is 1.29 bits per heavy atom. The van der Waals surface area contributed by atoms with Gasteiger partial charge in [-0.25, -0.2) is 0 Å². The van der Waals surface area contributed by atoms with Crippen LogP contribution in [0.1, 0.15) is 43.2 Å². The van der Waals surface area contributed by atoms with Crippen molar-refractivity contribution < 1.29 is 4.74 Å². The molecule has 1 aromatic carbocycles. The number of benzene rings is 1. The van der Waals surface area contributed by atoms with Crippen LogP contribution in [-0.4, -0.2) is 26.7 Å². The van der Waals surface area contributed by atoms with E-state index in [1.165, 1.54) is 37.7 Å². The molecule has 1 aromatic rings. The average Bonchev–Trinajstić information content (AvgIpc) is 3.35. The van der Waals surface area contributed by atoms with Crippen molar-refractivity contribution in [2.24, 2.45) is 16.3 Å². The van der Waals surface area contributed by atoms with Gasteiger partial charge in [0.15, 0.2) is 5.96 Å². The molecule has 3 rings (SSSR count). The van der Waals surface area contributed by atoms with E-state index in [1.807, 2.05) is 7.05 Å². The summed E-state index contributed by atoms with van der Waals surface area (Å²) in [6.07, 6.45) is 7.01. The minimum Gasteiger partial charge on any atom is -0.496 e. The number of nitrogens with zero attached hydrogens (tertiary/aromatic N) is 1. The third-order valence-corrected chi connectivity index (χ3v) is 5.51. The summed E-state index contributed by atoms with van der Waals surface area (Å²) < 4.78 is 5.47. The molecule has 0 bridgehead atoms. The second kappa shape index (κ2) is 8.41. The zero-order chi connectivity index (χ0) is 16.3. The van der Waals surface area contributed by atoms with Crippen LogP contribution in [0.15, 0.2) is 23.2 Å². The van der Waals surface area contributed by atoms with E-state index in [0.29, 0.717) is 5.41 Å². The van der Waals surface area contributed by atoms with Gasteiger partial charge in [-0.15, -0.1) is 24.0 Å². The predicted molar refractivity (Wildman–Crippen MR) is 110 cm³/mol. The maximum absolute atomic E-state index is 5.47. The highest BCUT2D eigenvalue weighted by molar-refractivity contribution is 14.0. The van der Waals surface area contributed by atoms with Crippen LogP contribution >= 0.6 is 24.0 Å². The Morgan fingerprint density at radius 2 is 2.04 bits per heavy atom. The Morgan fingerprint density at radius 3 is 2.58 bits per heavy atom. The Balaban J connectivity index is 0.00000208. The summed E-state index contributed by atoms with van der Waals surface area (Å²) in [4.78, 5) is 4.37. The Bertz CT molecular complexity index is 580. The first kappa shape index (κ1) is 19.3. The van der Waals surface area contributed by atoms with E-state index in [4.69, 9.17) is 4.74 Å². The molecule has 0 radical (unpaired) electrons. The van der Waals surface area contributed by atoms with Gasteiger partial charge >= 0.3 is 0 Å².